The summed E-state index contributed by atoms with van der Waals surface area (Å²) in [6.45, 7) is 0.249. The summed E-state index contributed by atoms with van der Waals surface area (Å²) in [6.07, 6.45) is -0.740. The SMILES string of the molecule is NCCC(O)c1cc(Cl)c(O)cc1F. The number of aliphatic hydroxyl groups is 1. The molecular weight excluding hydrogens is 209 g/mol. The topological polar surface area (TPSA) is 66.5 Å². The molecule has 1 rings (SSSR count). The Morgan fingerprint density at radius 2 is 2.14 bits per heavy atom. The average molecular weight is 220 g/mol. The second kappa shape index (κ2) is 4.59. The lowest BCUT2D eigenvalue weighted by Crippen LogP contribution is -2.08. The zero-order valence-electron chi connectivity index (χ0n) is 7.37. The molecule has 0 saturated heterocycles. The van der Waals surface area contributed by atoms with Gasteiger partial charge in [-0.15, -0.1) is 0 Å². The number of benzene rings is 1. The molecule has 0 spiro atoms. The third-order valence-corrected chi connectivity index (χ3v) is 2.17. The summed E-state index contributed by atoms with van der Waals surface area (Å²) in [5.41, 5.74) is 5.27. The van der Waals surface area contributed by atoms with E-state index in [1.165, 1.54) is 6.07 Å². The first-order valence-corrected chi connectivity index (χ1v) is 4.50. The summed E-state index contributed by atoms with van der Waals surface area (Å²) < 4.78 is 13.2. The van der Waals surface area contributed by atoms with Gasteiger partial charge in [0.25, 0.3) is 0 Å². The number of halogens is 2. The van der Waals surface area contributed by atoms with Crippen molar-refractivity contribution in [3.8, 4) is 5.75 Å². The first-order chi connectivity index (χ1) is 6.56. The normalized spacial score (nSPS) is 12.9. The highest BCUT2D eigenvalue weighted by Gasteiger charge is 2.14. The molecule has 0 fully saturated rings. The Morgan fingerprint density at radius 3 is 2.71 bits per heavy atom. The second-order valence-electron chi connectivity index (χ2n) is 2.92. The third-order valence-electron chi connectivity index (χ3n) is 1.87. The molecule has 14 heavy (non-hydrogen) atoms. The van der Waals surface area contributed by atoms with Crippen molar-refractivity contribution in [2.24, 2.45) is 5.73 Å². The molecule has 0 radical (unpaired) electrons. The Hall–Kier alpha value is -0.840. The van der Waals surface area contributed by atoms with Gasteiger partial charge in [0.2, 0.25) is 0 Å². The van der Waals surface area contributed by atoms with Gasteiger partial charge in [-0.25, -0.2) is 4.39 Å². The fourth-order valence-electron chi connectivity index (χ4n) is 1.12. The molecule has 4 N–H and O–H groups in total. The maximum atomic E-state index is 13.2. The first-order valence-electron chi connectivity index (χ1n) is 4.12. The Balaban J connectivity index is 3.02. The highest BCUT2D eigenvalue weighted by atomic mass is 35.5. The fraction of sp³-hybridized carbons (Fsp3) is 0.333. The van der Waals surface area contributed by atoms with Crippen molar-refractivity contribution in [3.63, 3.8) is 0 Å². The van der Waals surface area contributed by atoms with Gasteiger partial charge in [-0.3, -0.25) is 0 Å². The van der Waals surface area contributed by atoms with Crippen LogP contribution >= 0.6 is 11.6 Å². The van der Waals surface area contributed by atoms with E-state index in [0.717, 1.165) is 6.07 Å². The molecule has 0 aromatic heterocycles. The minimum atomic E-state index is -0.988. The van der Waals surface area contributed by atoms with Crippen LogP contribution in [0, 0.1) is 5.82 Å². The zero-order valence-corrected chi connectivity index (χ0v) is 8.13. The van der Waals surface area contributed by atoms with E-state index in [-0.39, 0.29) is 29.3 Å². The maximum absolute atomic E-state index is 13.2. The smallest absolute Gasteiger partial charge is 0.137 e. The van der Waals surface area contributed by atoms with E-state index in [9.17, 15) is 9.50 Å². The van der Waals surface area contributed by atoms with Crippen LogP contribution in [0.25, 0.3) is 0 Å². The van der Waals surface area contributed by atoms with Crippen LogP contribution in [0.3, 0.4) is 0 Å². The summed E-state index contributed by atoms with van der Waals surface area (Å²) in [7, 11) is 0. The molecule has 0 bridgehead atoms. The number of nitrogens with two attached hydrogens (primary N) is 1. The fourth-order valence-corrected chi connectivity index (χ4v) is 1.29. The van der Waals surface area contributed by atoms with Crippen LogP contribution in [0.15, 0.2) is 12.1 Å². The first kappa shape index (κ1) is 11.2. The van der Waals surface area contributed by atoms with Crippen molar-refractivity contribution in [3.05, 3.63) is 28.5 Å². The minimum absolute atomic E-state index is 0.0115. The van der Waals surface area contributed by atoms with E-state index < -0.39 is 11.9 Å². The predicted molar refractivity (Wildman–Crippen MR) is 51.7 cm³/mol. The van der Waals surface area contributed by atoms with Crippen LogP contribution < -0.4 is 5.73 Å². The van der Waals surface area contributed by atoms with Gasteiger partial charge in [0.05, 0.1) is 11.1 Å². The van der Waals surface area contributed by atoms with Gasteiger partial charge in [-0.05, 0) is 19.0 Å². The van der Waals surface area contributed by atoms with Crippen LogP contribution in [-0.2, 0) is 0 Å². The molecule has 1 aromatic carbocycles. The standard InChI is InChI=1S/C9H11ClFNO2/c10-6-3-5(8(13)1-2-12)7(11)4-9(6)14/h3-4,8,13-14H,1-2,12H2. The quantitative estimate of drug-likeness (QED) is 0.723. The monoisotopic (exact) mass is 219 g/mol. The number of aliphatic hydroxyl groups excluding tert-OH is 1. The van der Waals surface area contributed by atoms with E-state index >= 15 is 0 Å². The van der Waals surface area contributed by atoms with Gasteiger partial charge < -0.3 is 15.9 Å². The molecule has 0 amide bonds. The van der Waals surface area contributed by atoms with E-state index in [4.69, 9.17) is 22.4 Å². The number of rotatable bonds is 3. The lowest BCUT2D eigenvalue weighted by molar-refractivity contribution is 0.165. The molecule has 0 aliphatic carbocycles. The molecule has 0 heterocycles. The van der Waals surface area contributed by atoms with E-state index in [0.29, 0.717) is 0 Å². The van der Waals surface area contributed by atoms with Crippen molar-refractivity contribution in [2.45, 2.75) is 12.5 Å². The molecule has 1 aromatic rings. The molecule has 1 unspecified atom stereocenters. The summed E-state index contributed by atoms with van der Waals surface area (Å²) in [6, 6.07) is 2.07. The number of aromatic hydroxyl groups is 1. The van der Waals surface area contributed by atoms with Crippen molar-refractivity contribution in [1.82, 2.24) is 0 Å². The van der Waals surface area contributed by atoms with Crippen molar-refractivity contribution in [2.75, 3.05) is 6.54 Å². The molecule has 0 saturated carbocycles. The number of phenols is 1. The van der Waals surface area contributed by atoms with E-state index in [1.807, 2.05) is 0 Å². The molecule has 5 heteroatoms. The van der Waals surface area contributed by atoms with Gasteiger partial charge >= 0.3 is 0 Å². The Labute approximate surface area is 85.9 Å². The Kier molecular flexibility index (Phi) is 3.69. The van der Waals surface area contributed by atoms with Crippen LogP contribution in [0.4, 0.5) is 4.39 Å². The molecule has 1 atom stereocenters. The second-order valence-corrected chi connectivity index (χ2v) is 3.33. The van der Waals surface area contributed by atoms with E-state index in [2.05, 4.69) is 0 Å². The van der Waals surface area contributed by atoms with Crippen molar-refractivity contribution in [1.29, 1.82) is 0 Å². The van der Waals surface area contributed by atoms with Gasteiger partial charge in [0.1, 0.15) is 11.6 Å². The molecule has 0 aliphatic rings. The maximum Gasteiger partial charge on any atom is 0.137 e. The number of hydrogen-bond acceptors (Lipinski definition) is 3. The largest absolute Gasteiger partial charge is 0.506 e. The number of phenolic OH excluding ortho intramolecular Hbond substituents is 1. The van der Waals surface area contributed by atoms with Crippen LogP contribution in [-0.4, -0.2) is 16.8 Å². The highest BCUT2D eigenvalue weighted by Crippen LogP contribution is 2.30. The molecule has 78 valence electrons. The Morgan fingerprint density at radius 1 is 1.50 bits per heavy atom. The van der Waals surface area contributed by atoms with Crippen LogP contribution in [0.1, 0.15) is 18.1 Å². The average Bonchev–Trinajstić information content (AvgIpc) is 2.11. The lowest BCUT2D eigenvalue weighted by Gasteiger charge is -2.11. The van der Waals surface area contributed by atoms with Gasteiger partial charge in [-0.1, -0.05) is 11.6 Å². The van der Waals surface area contributed by atoms with Gasteiger partial charge in [-0.2, -0.15) is 0 Å². The summed E-state index contributed by atoms with van der Waals surface area (Å²) in [5, 5.41) is 18.5. The lowest BCUT2D eigenvalue weighted by atomic mass is 10.1. The van der Waals surface area contributed by atoms with Crippen molar-refractivity contribution < 1.29 is 14.6 Å². The Bertz CT molecular complexity index is 333. The molecule has 3 nitrogen and oxygen atoms in total. The van der Waals surface area contributed by atoms with Gasteiger partial charge in [0, 0.05) is 11.6 Å². The van der Waals surface area contributed by atoms with E-state index in [1.54, 1.807) is 0 Å². The highest BCUT2D eigenvalue weighted by molar-refractivity contribution is 6.32. The molecule has 0 aliphatic heterocycles. The minimum Gasteiger partial charge on any atom is -0.506 e. The third kappa shape index (κ3) is 2.35. The van der Waals surface area contributed by atoms with Crippen LogP contribution in [0.5, 0.6) is 5.75 Å². The summed E-state index contributed by atoms with van der Waals surface area (Å²) >= 11 is 5.57. The predicted octanol–water partition coefficient (Wildman–Crippen LogP) is 1.57. The molecular formula is C9H11ClFNO2. The van der Waals surface area contributed by atoms with Crippen LogP contribution in [0.2, 0.25) is 5.02 Å². The number of hydrogen-bond donors (Lipinski definition) is 3. The van der Waals surface area contributed by atoms with Crippen molar-refractivity contribution >= 4 is 11.6 Å². The summed E-state index contributed by atoms with van der Waals surface area (Å²) in [4.78, 5) is 0. The summed E-state index contributed by atoms with van der Waals surface area (Å²) in [5.74, 6) is -1.03. The zero-order chi connectivity index (χ0) is 10.7. The van der Waals surface area contributed by atoms with Gasteiger partial charge in [0.15, 0.2) is 0 Å².